The molecule has 6 nitrogen and oxygen atoms in total. The van der Waals surface area contributed by atoms with Crippen LogP contribution in [0.4, 0.5) is 26.3 Å². The van der Waals surface area contributed by atoms with E-state index < -0.39 is 36.1 Å². The van der Waals surface area contributed by atoms with Gasteiger partial charge in [0.25, 0.3) is 18.2 Å². The molecule has 0 heterocycles. The van der Waals surface area contributed by atoms with Crippen LogP contribution in [0, 0.1) is 0 Å². The quantitative estimate of drug-likeness (QED) is 0.0134. The van der Waals surface area contributed by atoms with Crippen molar-refractivity contribution in [2.75, 3.05) is 0 Å². The van der Waals surface area contributed by atoms with Crippen LogP contribution in [0.5, 0.6) is 17.2 Å². The first-order valence-corrected chi connectivity index (χ1v) is 30.6. The van der Waals surface area contributed by atoms with Gasteiger partial charge in [-0.25, -0.2) is 14.4 Å². The van der Waals surface area contributed by atoms with Gasteiger partial charge in [0.2, 0.25) is 0 Å². The van der Waals surface area contributed by atoms with Crippen molar-refractivity contribution >= 4 is 36.1 Å². The van der Waals surface area contributed by atoms with Crippen molar-refractivity contribution in [3.63, 3.8) is 0 Å². The molecule has 0 aromatic heterocycles. The van der Waals surface area contributed by atoms with Crippen molar-refractivity contribution in [3.8, 4) is 17.2 Å². The maximum atomic E-state index is 12.2. The van der Waals surface area contributed by atoms with Crippen LogP contribution in [0.2, 0.25) is 0 Å². The van der Waals surface area contributed by atoms with Crippen LogP contribution in [0.25, 0.3) is 18.2 Å². The number of esters is 3. The van der Waals surface area contributed by atoms with E-state index in [-0.39, 0.29) is 0 Å². The summed E-state index contributed by atoms with van der Waals surface area (Å²) in [7, 11) is 0. The average Bonchev–Trinajstić information content (AvgIpc) is 3.70. The Morgan fingerprint density at radius 1 is 0.302 bits per heavy atom. The number of rotatable bonds is 33. The topological polar surface area (TPSA) is 78.9 Å². The molecule has 6 aromatic carbocycles. The number of hydrogen-bond acceptors (Lipinski definition) is 6. The molecule has 6 aromatic rings. The first-order chi connectivity index (χ1) is 41.7. The predicted octanol–water partition coefficient (Wildman–Crippen LogP) is 23.1. The van der Waals surface area contributed by atoms with Crippen LogP contribution in [-0.2, 0) is 19.3 Å². The lowest BCUT2D eigenvalue weighted by atomic mass is 10.0. The van der Waals surface area contributed by atoms with Crippen molar-refractivity contribution < 1.29 is 54.9 Å². The molecular weight excluding hydrogens is 1100 g/mol. The van der Waals surface area contributed by atoms with Crippen LogP contribution < -0.4 is 14.2 Å². The Morgan fingerprint density at radius 2 is 0.500 bits per heavy atom. The van der Waals surface area contributed by atoms with Crippen molar-refractivity contribution in [3.05, 3.63) is 227 Å². The van der Waals surface area contributed by atoms with Gasteiger partial charge in [-0.15, -0.1) is 13.2 Å². The third-order valence-electron chi connectivity index (χ3n) is 13.9. The second-order valence-corrected chi connectivity index (χ2v) is 20.9. The second kappa shape index (κ2) is 44.7. The van der Waals surface area contributed by atoms with E-state index in [9.17, 15) is 40.7 Å². The lowest BCUT2D eigenvalue weighted by Gasteiger charge is -2.06. The molecule has 6 rings (SSSR count). The summed E-state index contributed by atoms with van der Waals surface area (Å²) in [4.78, 5) is 36.7. The van der Waals surface area contributed by atoms with Crippen LogP contribution in [0.3, 0.4) is 0 Å². The standard InChI is InChI=1S/C25H30F2O2.C24H28F2O2.C23H26F2O2.C2H4/c1-2-3-4-5-6-7-8-9-10-20-11-15-22(16-12-20)25(28)29-23-17-13-21(14-18-23)19-24(26)27;1-2-3-4-5-6-7-8-9-19-10-14-21(15-11-19)24(27)28-22-16-12-20(13-17-22)18-23(25)26;1-2-3-4-5-6-7-8-18-9-13-20(14-10-18)23(26)27-21-15-11-19(12-16-21)17-22(24)25;1-2/h11-19H,2-10H2,1H3;10-18H,2-9H2,1H3;9-17H,2-8H2,1H3;1-2H2. The number of halogens is 6. The Bertz CT molecular complexity index is 2890. The van der Waals surface area contributed by atoms with Gasteiger partial charge in [0.15, 0.2) is 0 Å². The van der Waals surface area contributed by atoms with Gasteiger partial charge in [0.05, 0.1) is 16.7 Å². The number of hydrogen-bond donors (Lipinski definition) is 0. The van der Waals surface area contributed by atoms with E-state index in [1.54, 1.807) is 36.4 Å². The Balaban J connectivity index is 0.000000333. The zero-order valence-electron chi connectivity index (χ0n) is 50.7. The van der Waals surface area contributed by atoms with Gasteiger partial charge in [-0.3, -0.25) is 0 Å². The summed E-state index contributed by atoms with van der Waals surface area (Å²) in [6, 6.07) is 40.3. The molecule has 0 bridgehead atoms. The van der Waals surface area contributed by atoms with E-state index in [4.69, 9.17) is 14.2 Å². The van der Waals surface area contributed by atoms with Gasteiger partial charge in [0.1, 0.15) is 17.2 Å². The fraction of sp³-hybridized carbons (Fsp3) is 0.365. The summed E-state index contributed by atoms with van der Waals surface area (Å²) in [5, 5.41) is 0. The van der Waals surface area contributed by atoms with E-state index in [1.165, 1.54) is 205 Å². The Hall–Kier alpha value is -7.73. The molecule has 462 valence electrons. The first kappa shape index (κ1) is 72.5. The molecule has 0 N–H and O–H groups in total. The van der Waals surface area contributed by atoms with Gasteiger partial charge in [-0.05, 0) is 145 Å². The molecule has 0 fully saturated rings. The third-order valence-corrected chi connectivity index (χ3v) is 13.9. The van der Waals surface area contributed by atoms with Crippen molar-refractivity contribution in [1.29, 1.82) is 0 Å². The van der Waals surface area contributed by atoms with E-state index in [0.717, 1.165) is 56.8 Å². The summed E-state index contributed by atoms with van der Waals surface area (Å²) in [5.41, 5.74) is 6.14. The molecule has 0 radical (unpaired) electrons. The fourth-order valence-corrected chi connectivity index (χ4v) is 9.05. The van der Waals surface area contributed by atoms with Crippen molar-refractivity contribution in [1.82, 2.24) is 0 Å². The highest BCUT2D eigenvalue weighted by Crippen LogP contribution is 2.22. The lowest BCUT2D eigenvalue weighted by Crippen LogP contribution is -2.08. The number of unbranched alkanes of at least 4 members (excludes halogenated alkanes) is 18. The maximum absolute atomic E-state index is 12.2. The fourth-order valence-electron chi connectivity index (χ4n) is 9.05. The maximum Gasteiger partial charge on any atom is 0.343 e. The minimum Gasteiger partial charge on any atom is -0.423 e. The zero-order chi connectivity index (χ0) is 62.6. The SMILES string of the molecule is C=C.CCCCCCCCCCc1ccc(C(=O)Oc2ccc(C=C(F)F)cc2)cc1.CCCCCCCCCc1ccc(C(=O)Oc2ccc(C=C(F)F)cc2)cc1.CCCCCCCCc1ccc(C(=O)Oc2ccc(C=C(F)F)cc2)cc1. The van der Waals surface area contributed by atoms with E-state index in [0.29, 0.717) is 50.6 Å². The monoisotopic (exact) mass is 1190 g/mol. The average molecular weight is 1190 g/mol. The first-order valence-electron chi connectivity index (χ1n) is 30.6. The van der Waals surface area contributed by atoms with Crippen LogP contribution in [0.15, 0.2) is 177 Å². The Labute approximate surface area is 508 Å². The molecule has 0 unspecified atom stereocenters. The Morgan fingerprint density at radius 3 is 0.698 bits per heavy atom. The van der Waals surface area contributed by atoms with Crippen molar-refractivity contribution in [2.24, 2.45) is 0 Å². The molecule has 0 saturated heterocycles. The highest BCUT2D eigenvalue weighted by Gasteiger charge is 2.12. The van der Waals surface area contributed by atoms with Gasteiger partial charge >= 0.3 is 17.9 Å². The van der Waals surface area contributed by atoms with E-state index >= 15 is 0 Å². The normalized spacial score (nSPS) is 10.3. The third kappa shape index (κ3) is 32.5. The summed E-state index contributed by atoms with van der Waals surface area (Å²) in [6.07, 6.45) is 26.9. The Kier molecular flexibility index (Phi) is 37.7. The zero-order valence-corrected chi connectivity index (χ0v) is 50.7. The molecule has 86 heavy (non-hydrogen) atoms. The number of aryl methyl sites for hydroxylation is 3. The summed E-state index contributed by atoms with van der Waals surface area (Å²) in [5.74, 6) is -0.386. The van der Waals surface area contributed by atoms with Gasteiger partial charge in [0, 0.05) is 18.2 Å². The largest absolute Gasteiger partial charge is 0.423 e. The molecule has 0 amide bonds. The van der Waals surface area contributed by atoms with Gasteiger partial charge in [-0.1, -0.05) is 209 Å². The second-order valence-electron chi connectivity index (χ2n) is 20.9. The number of ether oxygens (including phenoxy) is 3. The molecule has 0 atom stereocenters. The minimum absolute atomic E-state index is 0.326. The van der Waals surface area contributed by atoms with E-state index in [1.807, 2.05) is 36.4 Å². The highest BCUT2D eigenvalue weighted by atomic mass is 19.3. The highest BCUT2D eigenvalue weighted by molar-refractivity contribution is 5.92. The van der Waals surface area contributed by atoms with Crippen LogP contribution in [0.1, 0.15) is 220 Å². The summed E-state index contributed by atoms with van der Waals surface area (Å²) >= 11 is 0. The lowest BCUT2D eigenvalue weighted by molar-refractivity contribution is 0.0725. The number of benzene rings is 6. The van der Waals surface area contributed by atoms with Crippen LogP contribution in [-0.4, -0.2) is 17.9 Å². The molecule has 0 aliphatic carbocycles. The molecule has 0 saturated carbocycles. The van der Waals surface area contributed by atoms with Gasteiger partial charge < -0.3 is 14.2 Å². The summed E-state index contributed by atoms with van der Waals surface area (Å²) in [6.45, 7) is 12.7. The van der Waals surface area contributed by atoms with Crippen molar-refractivity contribution in [2.45, 2.75) is 175 Å². The molecule has 12 heteroatoms. The van der Waals surface area contributed by atoms with E-state index in [2.05, 4.69) is 33.9 Å². The number of carbonyl (C=O) groups excluding carboxylic acids is 3. The molecule has 0 aliphatic rings. The van der Waals surface area contributed by atoms with Crippen LogP contribution >= 0.6 is 0 Å². The van der Waals surface area contributed by atoms with Gasteiger partial charge in [-0.2, -0.15) is 26.3 Å². The molecule has 0 spiro atoms. The summed E-state index contributed by atoms with van der Waals surface area (Å²) < 4.78 is 89.2. The minimum atomic E-state index is -1.76. The molecular formula is C74H88F6O6. The smallest absolute Gasteiger partial charge is 0.343 e. The molecule has 0 aliphatic heterocycles. The predicted molar refractivity (Wildman–Crippen MR) is 340 cm³/mol. The number of carbonyl (C=O) groups is 3.